The van der Waals surface area contributed by atoms with Crippen LogP contribution in [0.25, 0.3) is 22.3 Å². The van der Waals surface area contributed by atoms with E-state index in [1.165, 1.54) is 38.1 Å². The SMILES string of the molecule is C[C@@H]1O[C@@H](OC[C@H]2O[C@@H](O[C@H]3[C@H](O)[C@@H](CO)O[C@@H](Oc4c(-c5ccc(O)cc5)oc5cc(O)cc(O)c5c4=O)[C@@H]3O[C@@H]3O[C@@H](C)[C@H](O)[C@@H](O)[C@H]3O)[C@H](O)[C@@H](O)[C@@H]2O)[C@H](O)[C@H](O)[C@H]1O. The van der Waals surface area contributed by atoms with Crippen LogP contribution >= 0.6 is 0 Å². The minimum atomic E-state index is -2.13. The monoisotopic (exact) mass is 902 g/mol. The Morgan fingerprint density at radius 2 is 1.11 bits per heavy atom. The highest BCUT2D eigenvalue weighted by molar-refractivity contribution is 5.88. The second-order valence-corrected chi connectivity index (χ2v) is 15.7. The fourth-order valence-electron chi connectivity index (χ4n) is 7.67. The third-order valence-corrected chi connectivity index (χ3v) is 11.4. The first-order chi connectivity index (χ1) is 29.8. The molecule has 0 amide bonds. The van der Waals surface area contributed by atoms with Crippen molar-refractivity contribution in [3.8, 4) is 34.3 Å². The van der Waals surface area contributed by atoms with E-state index in [1.54, 1.807) is 0 Å². The first kappa shape index (κ1) is 47.1. The fourth-order valence-corrected chi connectivity index (χ4v) is 7.67. The van der Waals surface area contributed by atoms with E-state index in [2.05, 4.69) is 0 Å². The predicted molar refractivity (Wildman–Crippen MR) is 202 cm³/mol. The van der Waals surface area contributed by atoms with Gasteiger partial charge in [0.1, 0.15) is 108 Å². The van der Waals surface area contributed by atoms with Gasteiger partial charge < -0.3 is 114 Å². The van der Waals surface area contributed by atoms with Crippen LogP contribution in [0.15, 0.2) is 45.6 Å². The summed E-state index contributed by atoms with van der Waals surface area (Å²) in [5.74, 6) is -2.56. The quantitative estimate of drug-likeness (QED) is 0.0859. The highest BCUT2D eigenvalue weighted by Gasteiger charge is 2.55. The van der Waals surface area contributed by atoms with Gasteiger partial charge in [0.05, 0.1) is 25.4 Å². The fraction of sp³-hybridized carbons (Fsp3) is 0.615. The Bertz CT molecular complexity index is 2090. The van der Waals surface area contributed by atoms with Crippen LogP contribution in [0.3, 0.4) is 0 Å². The van der Waals surface area contributed by atoms with E-state index in [1.807, 2.05) is 0 Å². The Morgan fingerprint density at radius 1 is 0.571 bits per heavy atom. The molecular formula is C39H50O24. The van der Waals surface area contributed by atoms with Gasteiger partial charge in [0, 0.05) is 17.7 Å². The van der Waals surface area contributed by atoms with Crippen LogP contribution in [0.2, 0.25) is 0 Å². The minimum Gasteiger partial charge on any atom is -0.508 e. The van der Waals surface area contributed by atoms with E-state index in [-0.39, 0.29) is 22.7 Å². The third-order valence-electron chi connectivity index (χ3n) is 11.4. The molecule has 24 nitrogen and oxygen atoms in total. The Morgan fingerprint density at radius 3 is 1.73 bits per heavy atom. The molecule has 14 N–H and O–H groups in total. The Hall–Kier alpha value is -3.87. The van der Waals surface area contributed by atoms with Crippen molar-refractivity contribution in [1.82, 2.24) is 0 Å². The molecule has 1 aromatic heterocycles. The van der Waals surface area contributed by atoms with Gasteiger partial charge in [0.25, 0.3) is 0 Å². The van der Waals surface area contributed by atoms with Gasteiger partial charge in [-0.05, 0) is 38.1 Å². The van der Waals surface area contributed by atoms with Gasteiger partial charge in [0.2, 0.25) is 17.5 Å². The summed E-state index contributed by atoms with van der Waals surface area (Å²) in [5.41, 5.74) is -1.34. The van der Waals surface area contributed by atoms with E-state index in [9.17, 15) is 76.3 Å². The molecule has 0 radical (unpaired) electrons. The summed E-state index contributed by atoms with van der Waals surface area (Å²) >= 11 is 0. The summed E-state index contributed by atoms with van der Waals surface area (Å²) in [7, 11) is 0. The van der Waals surface area contributed by atoms with Crippen molar-refractivity contribution in [3.63, 3.8) is 0 Å². The van der Waals surface area contributed by atoms with Crippen molar-refractivity contribution in [2.24, 2.45) is 0 Å². The zero-order valence-electron chi connectivity index (χ0n) is 33.3. The van der Waals surface area contributed by atoms with Gasteiger partial charge in [-0.3, -0.25) is 4.79 Å². The molecule has 3 aromatic rings. The molecule has 0 spiro atoms. The normalized spacial score (nSPS) is 41.1. The van der Waals surface area contributed by atoms with E-state index in [0.717, 1.165) is 12.1 Å². The van der Waals surface area contributed by atoms with Gasteiger partial charge in [-0.25, -0.2) is 0 Å². The van der Waals surface area contributed by atoms with E-state index < -0.39 is 164 Å². The first-order valence-corrected chi connectivity index (χ1v) is 19.8. The average Bonchev–Trinajstić information content (AvgIpc) is 3.25. The van der Waals surface area contributed by atoms with Gasteiger partial charge in [0.15, 0.2) is 30.7 Å². The lowest BCUT2D eigenvalue weighted by Crippen LogP contribution is -2.67. The highest BCUT2D eigenvalue weighted by atomic mass is 16.8. The van der Waals surface area contributed by atoms with Gasteiger partial charge in [-0.2, -0.15) is 0 Å². The molecule has 20 atom stereocenters. The zero-order chi connectivity index (χ0) is 45.8. The number of ether oxygens (including phenoxy) is 8. The number of phenolic OH excluding ortho intramolecular Hbond substituents is 3. The molecule has 24 heteroatoms. The first-order valence-electron chi connectivity index (χ1n) is 19.8. The Kier molecular flexibility index (Phi) is 14.1. The number of benzene rings is 2. The van der Waals surface area contributed by atoms with Crippen LogP contribution in [0, 0.1) is 0 Å². The molecule has 0 bridgehead atoms. The molecule has 4 fully saturated rings. The van der Waals surface area contributed by atoms with Gasteiger partial charge in [-0.15, -0.1) is 0 Å². The number of phenols is 3. The molecule has 4 aliphatic rings. The molecule has 4 saturated heterocycles. The predicted octanol–water partition coefficient (Wildman–Crippen LogP) is -4.72. The maximum atomic E-state index is 14.3. The standard InChI is InChI=1S/C39H50O24/c1-11-21(44)26(49)29(52)36(56-11)55-10-19-23(46)28(51)31(54)38(60-19)61-33-24(47)18(9-40)59-39(35(33)63-37-30(53)27(50)22(45)12(2)57-37)62-34-25(48)20-16(43)7-15(42)8-17(20)58-32(34)13-3-5-14(41)6-4-13/h3-8,11-12,18-19,21-24,26-31,33,35-47,49-54H,9-10H2,1-2H3/t11-,12-,18+,19+,21-,22-,23+,24+,26+,27+,28-,29+,30+,31+,33-,35+,36+,37-,38-,39-/m0/s1. The van der Waals surface area contributed by atoms with E-state index >= 15 is 0 Å². The molecule has 7 rings (SSSR count). The summed E-state index contributed by atoms with van der Waals surface area (Å²) in [6.45, 7) is 0.996. The van der Waals surface area contributed by atoms with Crippen LogP contribution in [0.4, 0.5) is 0 Å². The number of aliphatic hydroxyl groups excluding tert-OH is 11. The molecule has 0 unspecified atom stereocenters. The molecule has 63 heavy (non-hydrogen) atoms. The molecule has 0 aliphatic carbocycles. The van der Waals surface area contributed by atoms with Crippen molar-refractivity contribution in [1.29, 1.82) is 0 Å². The highest BCUT2D eigenvalue weighted by Crippen LogP contribution is 2.40. The average molecular weight is 903 g/mol. The van der Waals surface area contributed by atoms with Crippen LogP contribution in [0.1, 0.15) is 13.8 Å². The van der Waals surface area contributed by atoms with Gasteiger partial charge in [-0.1, -0.05) is 0 Å². The number of hydrogen-bond acceptors (Lipinski definition) is 24. The summed E-state index contributed by atoms with van der Waals surface area (Å²) in [6.07, 6.45) is -35.8. The lowest BCUT2D eigenvalue weighted by molar-refractivity contribution is -0.385. The number of fused-ring (bicyclic) bond motifs is 1. The number of aliphatic hydroxyl groups is 11. The maximum absolute atomic E-state index is 14.3. The molecule has 350 valence electrons. The van der Waals surface area contributed by atoms with Gasteiger partial charge >= 0.3 is 0 Å². The van der Waals surface area contributed by atoms with Crippen molar-refractivity contribution < 1.29 is 114 Å². The molecular weight excluding hydrogens is 852 g/mol. The molecule has 4 aliphatic heterocycles. The van der Waals surface area contributed by atoms with Crippen molar-refractivity contribution in [2.75, 3.05) is 13.2 Å². The van der Waals surface area contributed by atoms with E-state index in [4.69, 9.17) is 42.3 Å². The Labute approximate surface area is 355 Å². The zero-order valence-corrected chi connectivity index (χ0v) is 33.3. The van der Waals surface area contributed by atoms with Crippen molar-refractivity contribution in [3.05, 3.63) is 46.6 Å². The topological polar surface area (TPSA) is 387 Å². The maximum Gasteiger partial charge on any atom is 0.239 e. The summed E-state index contributed by atoms with van der Waals surface area (Å²) < 4.78 is 52.5. The number of aromatic hydroxyl groups is 3. The lowest BCUT2D eigenvalue weighted by atomic mass is 9.96. The summed E-state index contributed by atoms with van der Waals surface area (Å²) in [5, 5.41) is 148. The second-order valence-electron chi connectivity index (χ2n) is 15.7. The molecule has 5 heterocycles. The largest absolute Gasteiger partial charge is 0.508 e. The number of rotatable bonds is 11. The second kappa shape index (κ2) is 18.9. The lowest BCUT2D eigenvalue weighted by Gasteiger charge is -2.49. The smallest absolute Gasteiger partial charge is 0.239 e. The summed E-state index contributed by atoms with van der Waals surface area (Å²) in [4.78, 5) is 14.3. The minimum absolute atomic E-state index is 0.0762. The third kappa shape index (κ3) is 9.19. The molecule has 2 aromatic carbocycles. The van der Waals surface area contributed by atoms with Crippen molar-refractivity contribution >= 4 is 11.0 Å². The number of hydrogen-bond donors (Lipinski definition) is 14. The Balaban J connectivity index is 1.26. The van der Waals surface area contributed by atoms with Crippen molar-refractivity contribution in [2.45, 2.75) is 137 Å². The van der Waals surface area contributed by atoms with E-state index in [0.29, 0.717) is 0 Å². The van der Waals surface area contributed by atoms with Crippen LogP contribution in [-0.4, -0.2) is 208 Å². The van der Waals surface area contributed by atoms with Crippen LogP contribution in [-0.2, 0) is 33.2 Å². The van der Waals surface area contributed by atoms with Crippen LogP contribution in [0.5, 0.6) is 23.0 Å². The molecule has 0 saturated carbocycles. The van der Waals surface area contributed by atoms with Crippen LogP contribution < -0.4 is 10.2 Å². The summed E-state index contributed by atoms with van der Waals surface area (Å²) in [6, 6.07) is 6.95.